The van der Waals surface area contributed by atoms with E-state index in [9.17, 15) is 9.90 Å². The Bertz CT molecular complexity index is 399. The summed E-state index contributed by atoms with van der Waals surface area (Å²) >= 11 is 1.44. The lowest BCUT2D eigenvalue weighted by Gasteiger charge is -2.36. The molecule has 0 aromatic heterocycles. The zero-order valence-corrected chi connectivity index (χ0v) is 9.92. The molecule has 0 spiro atoms. The molecule has 0 heterocycles. The third-order valence-corrected chi connectivity index (χ3v) is 4.37. The van der Waals surface area contributed by atoms with Crippen LogP contribution >= 0.6 is 11.8 Å². The molecule has 1 N–H and O–H groups in total. The number of hydrogen-bond acceptors (Lipinski definition) is 3. The van der Waals surface area contributed by atoms with Crippen molar-refractivity contribution in [2.75, 3.05) is 7.11 Å². The Hall–Kier alpha value is -1.16. The number of ether oxygens (including phenoxy) is 1. The molecule has 1 aromatic rings. The van der Waals surface area contributed by atoms with Gasteiger partial charge in [0.05, 0.1) is 7.11 Å². The van der Waals surface area contributed by atoms with Crippen molar-refractivity contribution < 1.29 is 14.6 Å². The molecule has 0 saturated heterocycles. The molecule has 1 aliphatic rings. The second-order valence-corrected chi connectivity index (χ2v) is 5.39. The van der Waals surface area contributed by atoms with Crippen molar-refractivity contribution in [1.82, 2.24) is 0 Å². The molecule has 2 rings (SSSR count). The van der Waals surface area contributed by atoms with Gasteiger partial charge in [-0.3, -0.25) is 4.79 Å². The van der Waals surface area contributed by atoms with Gasteiger partial charge in [0, 0.05) is 4.90 Å². The van der Waals surface area contributed by atoms with Crippen molar-refractivity contribution in [1.29, 1.82) is 0 Å². The predicted molar refractivity (Wildman–Crippen MR) is 63.1 cm³/mol. The monoisotopic (exact) mass is 238 g/mol. The van der Waals surface area contributed by atoms with Crippen molar-refractivity contribution in [2.45, 2.75) is 28.9 Å². The standard InChI is InChI=1S/C12H14O3S/c1-15-9-4-2-5-10(8-9)16-12(11(13)14)6-3-7-12/h2,4-5,8H,3,6-7H2,1H3,(H,13,14). The molecule has 0 aliphatic heterocycles. The minimum Gasteiger partial charge on any atom is -0.497 e. The van der Waals surface area contributed by atoms with Gasteiger partial charge in [-0.05, 0) is 37.5 Å². The molecule has 1 fully saturated rings. The Kier molecular flexibility index (Phi) is 3.10. The van der Waals surface area contributed by atoms with Gasteiger partial charge < -0.3 is 9.84 Å². The molecule has 0 amide bonds. The second-order valence-electron chi connectivity index (χ2n) is 3.93. The first-order valence-electron chi connectivity index (χ1n) is 5.23. The van der Waals surface area contributed by atoms with Gasteiger partial charge >= 0.3 is 5.97 Å². The number of aliphatic carboxylic acids is 1. The first kappa shape index (κ1) is 11.3. The van der Waals surface area contributed by atoms with Crippen LogP contribution in [0.4, 0.5) is 0 Å². The van der Waals surface area contributed by atoms with Gasteiger partial charge in [-0.15, -0.1) is 11.8 Å². The highest BCUT2D eigenvalue weighted by Crippen LogP contribution is 2.48. The van der Waals surface area contributed by atoms with Gasteiger partial charge in [0.2, 0.25) is 0 Å². The van der Waals surface area contributed by atoms with Crippen LogP contribution in [-0.4, -0.2) is 22.9 Å². The largest absolute Gasteiger partial charge is 0.497 e. The van der Waals surface area contributed by atoms with E-state index in [4.69, 9.17) is 4.74 Å². The van der Waals surface area contributed by atoms with Crippen LogP contribution in [0.25, 0.3) is 0 Å². The Morgan fingerprint density at radius 1 is 1.50 bits per heavy atom. The molecule has 3 nitrogen and oxygen atoms in total. The number of carboxylic acid groups (broad SMARTS) is 1. The van der Waals surface area contributed by atoms with E-state index in [0.717, 1.165) is 29.9 Å². The van der Waals surface area contributed by atoms with E-state index in [1.54, 1.807) is 7.11 Å². The van der Waals surface area contributed by atoms with Gasteiger partial charge in [-0.2, -0.15) is 0 Å². The highest BCUT2D eigenvalue weighted by molar-refractivity contribution is 8.01. The van der Waals surface area contributed by atoms with Crippen molar-refractivity contribution >= 4 is 17.7 Å². The molecule has 1 aromatic carbocycles. The van der Waals surface area contributed by atoms with Crippen molar-refractivity contribution in [3.63, 3.8) is 0 Å². The summed E-state index contributed by atoms with van der Waals surface area (Å²) in [6.07, 6.45) is 2.51. The number of hydrogen-bond donors (Lipinski definition) is 1. The summed E-state index contributed by atoms with van der Waals surface area (Å²) in [6, 6.07) is 7.55. The Morgan fingerprint density at radius 3 is 2.75 bits per heavy atom. The van der Waals surface area contributed by atoms with E-state index in [0.29, 0.717) is 0 Å². The number of benzene rings is 1. The molecule has 0 bridgehead atoms. The van der Waals surface area contributed by atoms with E-state index in [1.165, 1.54) is 11.8 Å². The normalized spacial score (nSPS) is 17.6. The third kappa shape index (κ3) is 2.02. The summed E-state index contributed by atoms with van der Waals surface area (Å²) in [5, 5.41) is 9.22. The second kappa shape index (κ2) is 4.37. The zero-order valence-electron chi connectivity index (χ0n) is 9.10. The first-order valence-corrected chi connectivity index (χ1v) is 6.04. The molecular weight excluding hydrogens is 224 g/mol. The summed E-state index contributed by atoms with van der Waals surface area (Å²) in [4.78, 5) is 12.2. The summed E-state index contributed by atoms with van der Waals surface area (Å²) in [6.45, 7) is 0. The fourth-order valence-corrected chi connectivity index (χ4v) is 3.10. The Labute approximate surface area is 98.8 Å². The Balaban J connectivity index is 2.16. The number of methoxy groups -OCH3 is 1. The lowest BCUT2D eigenvalue weighted by atomic mass is 9.84. The smallest absolute Gasteiger partial charge is 0.320 e. The molecule has 0 radical (unpaired) electrons. The maximum Gasteiger partial charge on any atom is 0.320 e. The van der Waals surface area contributed by atoms with Crippen molar-refractivity contribution in [2.24, 2.45) is 0 Å². The number of carbonyl (C=O) groups is 1. The molecule has 1 aliphatic carbocycles. The molecule has 86 valence electrons. The summed E-state index contributed by atoms with van der Waals surface area (Å²) in [5.74, 6) is 0.0661. The number of rotatable bonds is 4. The highest BCUT2D eigenvalue weighted by atomic mass is 32.2. The Morgan fingerprint density at radius 2 is 2.25 bits per heavy atom. The zero-order chi connectivity index (χ0) is 11.6. The quantitative estimate of drug-likeness (QED) is 0.876. The van der Waals surface area contributed by atoms with Crippen LogP contribution in [0.5, 0.6) is 5.75 Å². The average Bonchev–Trinajstić information content (AvgIpc) is 2.23. The third-order valence-electron chi connectivity index (χ3n) is 2.91. The maximum absolute atomic E-state index is 11.2. The van der Waals surface area contributed by atoms with Crippen LogP contribution < -0.4 is 4.74 Å². The topological polar surface area (TPSA) is 46.5 Å². The summed E-state index contributed by atoms with van der Waals surface area (Å²) in [7, 11) is 1.61. The SMILES string of the molecule is COc1cccc(SC2(C(=O)O)CCC2)c1. The van der Waals surface area contributed by atoms with E-state index in [-0.39, 0.29) is 0 Å². The van der Waals surface area contributed by atoms with Crippen LogP contribution in [0.2, 0.25) is 0 Å². The summed E-state index contributed by atoms with van der Waals surface area (Å²) < 4.78 is 4.52. The predicted octanol–water partition coefficient (Wildman–Crippen LogP) is 2.79. The van der Waals surface area contributed by atoms with Gasteiger partial charge in [-0.1, -0.05) is 6.07 Å². The van der Waals surface area contributed by atoms with Crippen LogP contribution in [-0.2, 0) is 4.79 Å². The maximum atomic E-state index is 11.2. The molecule has 0 unspecified atom stereocenters. The summed E-state index contributed by atoms with van der Waals surface area (Å²) in [5.41, 5.74) is 0. The van der Waals surface area contributed by atoms with Gasteiger partial charge in [-0.25, -0.2) is 0 Å². The van der Waals surface area contributed by atoms with Crippen LogP contribution in [0.3, 0.4) is 0 Å². The van der Waals surface area contributed by atoms with Crippen molar-refractivity contribution in [3.8, 4) is 5.75 Å². The minimum absolute atomic E-state index is 0.605. The van der Waals surface area contributed by atoms with Crippen LogP contribution in [0, 0.1) is 0 Å². The lowest BCUT2D eigenvalue weighted by Crippen LogP contribution is -2.41. The molecule has 4 heteroatoms. The van der Waals surface area contributed by atoms with E-state index >= 15 is 0 Å². The first-order chi connectivity index (χ1) is 7.66. The van der Waals surface area contributed by atoms with Gasteiger partial charge in [0.15, 0.2) is 0 Å². The minimum atomic E-state index is -0.702. The fourth-order valence-electron chi connectivity index (χ4n) is 1.75. The number of carboxylic acids is 1. The van der Waals surface area contributed by atoms with Crippen LogP contribution in [0.1, 0.15) is 19.3 Å². The van der Waals surface area contributed by atoms with E-state index in [1.807, 2.05) is 24.3 Å². The van der Waals surface area contributed by atoms with Crippen molar-refractivity contribution in [3.05, 3.63) is 24.3 Å². The fraction of sp³-hybridized carbons (Fsp3) is 0.417. The molecule has 1 saturated carbocycles. The number of thioether (sulfide) groups is 1. The molecule has 16 heavy (non-hydrogen) atoms. The average molecular weight is 238 g/mol. The van der Waals surface area contributed by atoms with Gasteiger partial charge in [0.25, 0.3) is 0 Å². The van der Waals surface area contributed by atoms with E-state index < -0.39 is 10.7 Å². The lowest BCUT2D eigenvalue weighted by molar-refractivity contribution is -0.142. The van der Waals surface area contributed by atoms with E-state index in [2.05, 4.69) is 0 Å². The molecular formula is C12H14O3S. The van der Waals surface area contributed by atoms with Crippen LogP contribution in [0.15, 0.2) is 29.2 Å². The molecule has 0 atom stereocenters. The highest BCUT2D eigenvalue weighted by Gasteiger charge is 2.45. The van der Waals surface area contributed by atoms with Gasteiger partial charge in [0.1, 0.15) is 10.5 Å².